The molecule has 1 amide bonds. The summed E-state index contributed by atoms with van der Waals surface area (Å²) in [4.78, 5) is 15.5. The lowest BCUT2D eigenvalue weighted by atomic mass is 9.79. The fourth-order valence-corrected chi connectivity index (χ4v) is 3.92. The fraction of sp³-hybridized carbons (Fsp3) is 0.643. The van der Waals surface area contributed by atoms with E-state index in [1.807, 2.05) is 4.90 Å². The Morgan fingerprint density at radius 3 is 2.85 bits per heavy atom. The minimum absolute atomic E-state index is 0. The summed E-state index contributed by atoms with van der Waals surface area (Å²) in [5.41, 5.74) is 6.13. The van der Waals surface area contributed by atoms with Gasteiger partial charge in [0.25, 0.3) is 0 Å². The van der Waals surface area contributed by atoms with Crippen molar-refractivity contribution < 1.29 is 4.79 Å². The molecule has 0 spiro atoms. The Kier molecular flexibility index (Phi) is 6.51. The van der Waals surface area contributed by atoms with Gasteiger partial charge in [-0.3, -0.25) is 4.79 Å². The van der Waals surface area contributed by atoms with Gasteiger partial charge >= 0.3 is 0 Å². The second kappa shape index (κ2) is 7.25. The smallest absolute Gasteiger partial charge is 0.222 e. The molecule has 1 aliphatic rings. The summed E-state index contributed by atoms with van der Waals surface area (Å²) in [5, 5.41) is 2.06. The van der Waals surface area contributed by atoms with Gasteiger partial charge in [-0.1, -0.05) is 13.8 Å². The van der Waals surface area contributed by atoms with Gasteiger partial charge in [-0.05, 0) is 40.3 Å². The van der Waals surface area contributed by atoms with Crippen molar-refractivity contribution >= 4 is 45.6 Å². The van der Waals surface area contributed by atoms with Crippen LogP contribution in [0.4, 0.5) is 0 Å². The van der Waals surface area contributed by atoms with Crippen LogP contribution in [0.1, 0.15) is 31.6 Å². The third-order valence-corrected chi connectivity index (χ3v) is 5.63. The summed E-state index contributed by atoms with van der Waals surface area (Å²) in [5.74, 6) is 0.254. The molecule has 20 heavy (non-hydrogen) atoms. The number of carbonyl (C=O) groups is 1. The number of thiophene rings is 1. The molecule has 0 saturated carbocycles. The normalized spacial score (nSPS) is 21.4. The van der Waals surface area contributed by atoms with Gasteiger partial charge < -0.3 is 10.6 Å². The average Bonchev–Trinajstić information content (AvgIpc) is 2.75. The minimum atomic E-state index is 0. The van der Waals surface area contributed by atoms with Crippen molar-refractivity contribution in [2.24, 2.45) is 11.1 Å². The minimum Gasteiger partial charge on any atom is -0.342 e. The van der Waals surface area contributed by atoms with Crippen LogP contribution in [0.2, 0.25) is 0 Å². The first-order valence-corrected chi connectivity index (χ1v) is 8.32. The van der Waals surface area contributed by atoms with Crippen LogP contribution in [0.15, 0.2) is 15.9 Å². The topological polar surface area (TPSA) is 46.3 Å². The van der Waals surface area contributed by atoms with E-state index in [0.29, 0.717) is 6.42 Å². The highest BCUT2D eigenvalue weighted by molar-refractivity contribution is 9.10. The van der Waals surface area contributed by atoms with Crippen molar-refractivity contribution in [1.82, 2.24) is 4.90 Å². The molecule has 114 valence electrons. The maximum Gasteiger partial charge on any atom is 0.222 e. The van der Waals surface area contributed by atoms with Gasteiger partial charge in [-0.2, -0.15) is 0 Å². The first-order chi connectivity index (χ1) is 8.88. The van der Waals surface area contributed by atoms with E-state index in [9.17, 15) is 4.79 Å². The zero-order valence-corrected chi connectivity index (χ0v) is 15.1. The van der Waals surface area contributed by atoms with Crippen molar-refractivity contribution in [3.63, 3.8) is 0 Å². The van der Waals surface area contributed by atoms with Crippen molar-refractivity contribution in [2.75, 3.05) is 13.1 Å². The highest BCUT2D eigenvalue weighted by Crippen LogP contribution is 2.28. The van der Waals surface area contributed by atoms with Crippen LogP contribution in [0.3, 0.4) is 0 Å². The van der Waals surface area contributed by atoms with Crippen LogP contribution < -0.4 is 5.73 Å². The van der Waals surface area contributed by atoms with Crippen LogP contribution in [0.5, 0.6) is 0 Å². The van der Waals surface area contributed by atoms with Crippen LogP contribution in [0.25, 0.3) is 0 Å². The molecule has 0 aliphatic carbocycles. The number of aryl methyl sites for hydroxylation is 1. The van der Waals surface area contributed by atoms with Crippen LogP contribution in [-0.2, 0) is 11.2 Å². The summed E-state index contributed by atoms with van der Waals surface area (Å²) in [7, 11) is 0. The van der Waals surface area contributed by atoms with Gasteiger partial charge in [-0.15, -0.1) is 23.7 Å². The first kappa shape index (κ1) is 18.0. The predicted octanol–water partition coefficient (Wildman–Crippen LogP) is 3.45. The molecule has 2 N–H and O–H groups in total. The predicted molar refractivity (Wildman–Crippen MR) is 90.5 cm³/mol. The summed E-state index contributed by atoms with van der Waals surface area (Å²) in [6.45, 7) is 5.87. The molecule has 0 bridgehead atoms. The fourth-order valence-electron chi connectivity index (χ4n) is 2.46. The van der Waals surface area contributed by atoms with Gasteiger partial charge in [0.1, 0.15) is 0 Å². The number of nitrogens with zero attached hydrogens (tertiary/aromatic N) is 1. The molecule has 1 atom stereocenters. The van der Waals surface area contributed by atoms with Crippen molar-refractivity contribution in [1.29, 1.82) is 0 Å². The van der Waals surface area contributed by atoms with Gasteiger partial charge in [0.2, 0.25) is 5.91 Å². The van der Waals surface area contributed by atoms with Gasteiger partial charge in [0.05, 0.1) is 0 Å². The van der Waals surface area contributed by atoms with E-state index in [0.717, 1.165) is 30.4 Å². The molecule has 0 radical (unpaired) electrons. The SMILES string of the molecule is CC1(C)CN(C(=O)CCc2cc(Br)cs2)CCC1N.Cl. The number of amides is 1. The van der Waals surface area contributed by atoms with Crippen LogP contribution >= 0.6 is 39.7 Å². The van der Waals surface area contributed by atoms with Crippen LogP contribution in [-0.4, -0.2) is 29.9 Å². The molecule has 0 aromatic carbocycles. The second-order valence-electron chi connectivity index (χ2n) is 5.93. The van der Waals surface area contributed by atoms with Gasteiger partial charge in [0.15, 0.2) is 0 Å². The summed E-state index contributed by atoms with van der Waals surface area (Å²) < 4.78 is 1.10. The third kappa shape index (κ3) is 4.45. The van der Waals surface area contributed by atoms with E-state index in [2.05, 4.69) is 41.2 Å². The number of nitrogens with two attached hydrogens (primary N) is 1. The molecule has 1 fully saturated rings. The van der Waals surface area contributed by atoms with E-state index in [4.69, 9.17) is 5.73 Å². The van der Waals surface area contributed by atoms with Crippen molar-refractivity contribution in [2.45, 2.75) is 39.2 Å². The van der Waals surface area contributed by atoms with E-state index in [1.54, 1.807) is 11.3 Å². The Morgan fingerprint density at radius 1 is 1.60 bits per heavy atom. The molecule has 1 unspecified atom stereocenters. The highest BCUT2D eigenvalue weighted by Gasteiger charge is 2.34. The summed E-state index contributed by atoms with van der Waals surface area (Å²) in [6, 6.07) is 2.29. The molecule has 2 rings (SSSR count). The second-order valence-corrected chi connectivity index (χ2v) is 7.84. The molecular formula is C14H22BrClN2OS. The molecule has 2 heterocycles. The highest BCUT2D eigenvalue weighted by atomic mass is 79.9. The van der Waals surface area contributed by atoms with E-state index in [-0.39, 0.29) is 29.8 Å². The lowest BCUT2D eigenvalue weighted by molar-refractivity contribution is -0.134. The summed E-state index contributed by atoms with van der Waals surface area (Å²) >= 11 is 5.14. The lowest BCUT2D eigenvalue weighted by Gasteiger charge is -2.42. The maximum absolute atomic E-state index is 12.3. The number of carbonyl (C=O) groups excluding carboxylic acids is 1. The van der Waals surface area contributed by atoms with E-state index in [1.165, 1.54) is 4.88 Å². The Hall–Kier alpha value is -0.100. The van der Waals surface area contributed by atoms with Crippen LogP contribution in [0, 0.1) is 5.41 Å². The maximum atomic E-state index is 12.3. The largest absolute Gasteiger partial charge is 0.342 e. The average molecular weight is 382 g/mol. The molecular weight excluding hydrogens is 360 g/mol. The molecule has 1 aromatic heterocycles. The van der Waals surface area contributed by atoms with Crippen molar-refractivity contribution in [3.8, 4) is 0 Å². The Morgan fingerprint density at radius 2 is 2.30 bits per heavy atom. The first-order valence-electron chi connectivity index (χ1n) is 6.65. The number of likely N-dealkylation sites (tertiary alicyclic amines) is 1. The van der Waals surface area contributed by atoms with Gasteiger partial charge in [0, 0.05) is 40.3 Å². The number of hydrogen-bond donors (Lipinski definition) is 1. The lowest BCUT2D eigenvalue weighted by Crippen LogP contribution is -2.54. The molecule has 6 heteroatoms. The molecule has 3 nitrogen and oxygen atoms in total. The Balaban J connectivity index is 0.00000200. The number of piperidine rings is 1. The zero-order chi connectivity index (χ0) is 14.0. The third-order valence-electron chi connectivity index (χ3n) is 3.87. The standard InChI is InChI=1S/C14H21BrN2OS.ClH/c1-14(2)9-17(6-5-12(14)16)13(18)4-3-11-7-10(15)8-19-11;/h7-8,12H,3-6,9,16H2,1-2H3;1H. The number of hydrogen-bond acceptors (Lipinski definition) is 3. The zero-order valence-electron chi connectivity index (χ0n) is 11.9. The van der Waals surface area contributed by atoms with E-state index < -0.39 is 0 Å². The van der Waals surface area contributed by atoms with Gasteiger partial charge in [-0.25, -0.2) is 0 Å². The Labute approximate surface area is 139 Å². The van der Waals surface area contributed by atoms with E-state index >= 15 is 0 Å². The Bertz CT molecular complexity index is 464. The molecule has 1 aliphatic heterocycles. The monoisotopic (exact) mass is 380 g/mol. The quantitative estimate of drug-likeness (QED) is 0.871. The molecule has 1 saturated heterocycles. The summed E-state index contributed by atoms with van der Waals surface area (Å²) in [6.07, 6.45) is 2.33. The van der Waals surface area contributed by atoms with Crippen molar-refractivity contribution in [3.05, 3.63) is 20.8 Å². The number of rotatable bonds is 3. The molecule has 1 aromatic rings. The number of halogens is 2.